The maximum Gasteiger partial charge on any atom is 0.239 e. The first-order valence-electron chi connectivity index (χ1n) is 8.67. The van der Waals surface area contributed by atoms with Crippen LogP contribution in [0.25, 0.3) is 0 Å². The van der Waals surface area contributed by atoms with E-state index in [-0.39, 0.29) is 17.9 Å². The highest BCUT2D eigenvalue weighted by Gasteiger charge is 2.39. The van der Waals surface area contributed by atoms with Crippen LogP contribution in [0.4, 0.5) is 5.69 Å². The molecule has 0 aromatic heterocycles. The molecule has 3 unspecified atom stereocenters. The van der Waals surface area contributed by atoms with E-state index in [1.54, 1.807) is 17.0 Å². The molecule has 6 heteroatoms. The van der Waals surface area contributed by atoms with E-state index in [0.29, 0.717) is 30.5 Å². The fourth-order valence-corrected chi connectivity index (χ4v) is 3.97. The third-order valence-corrected chi connectivity index (χ3v) is 5.42. The van der Waals surface area contributed by atoms with Crippen LogP contribution in [-0.2, 0) is 9.59 Å². The van der Waals surface area contributed by atoms with E-state index >= 15 is 0 Å². The van der Waals surface area contributed by atoms with Crippen LogP contribution in [0.2, 0.25) is 5.02 Å². The van der Waals surface area contributed by atoms with Gasteiger partial charge in [0.05, 0.1) is 0 Å². The molecule has 3 rings (SSSR count). The molecule has 1 saturated heterocycles. The summed E-state index contributed by atoms with van der Waals surface area (Å²) in [5, 5.41) is 3.67. The van der Waals surface area contributed by atoms with E-state index in [1.807, 2.05) is 12.1 Å². The quantitative estimate of drug-likeness (QED) is 0.819. The summed E-state index contributed by atoms with van der Waals surface area (Å²) in [7, 11) is 0. The highest BCUT2D eigenvalue weighted by Crippen LogP contribution is 2.29. The normalized spacial score (nSPS) is 27.3. The fraction of sp³-hybridized carbons (Fsp3) is 0.556. The first-order chi connectivity index (χ1) is 11.6. The number of nitrogens with one attached hydrogen (secondary N) is 1. The SMILES string of the molecule is NCC1CCCCC1NC(=O)C1CCN(c2cccc(Cl)c2)C1=O. The van der Waals surface area contributed by atoms with Gasteiger partial charge in [0.2, 0.25) is 11.8 Å². The molecule has 0 spiro atoms. The Morgan fingerprint density at radius 2 is 2.08 bits per heavy atom. The summed E-state index contributed by atoms with van der Waals surface area (Å²) < 4.78 is 0. The Bertz CT molecular complexity index is 622. The summed E-state index contributed by atoms with van der Waals surface area (Å²) in [6.07, 6.45) is 4.81. The summed E-state index contributed by atoms with van der Waals surface area (Å²) in [6, 6.07) is 7.28. The van der Waals surface area contributed by atoms with Crippen molar-refractivity contribution in [3.8, 4) is 0 Å². The lowest BCUT2D eigenvalue weighted by atomic mass is 9.84. The van der Waals surface area contributed by atoms with Gasteiger partial charge >= 0.3 is 0 Å². The number of amides is 2. The maximum atomic E-state index is 12.6. The number of carbonyl (C=O) groups excluding carboxylic acids is 2. The van der Waals surface area contributed by atoms with Gasteiger partial charge in [-0.15, -0.1) is 0 Å². The third-order valence-electron chi connectivity index (χ3n) is 5.18. The van der Waals surface area contributed by atoms with Gasteiger partial charge in [0, 0.05) is 23.3 Å². The van der Waals surface area contributed by atoms with E-state index in [2.05, 4.69) is 5.32 Å². The lowest BCUT2D eigenvalue weighted by Gasteiger charge is -2.31. The van der Waals surface area contributed by atoms with Gasteiger partial charge in [-0.2, -0.15) is 0 Å². The molecule has 5 nitrogen and oxygen atoms in total. The second-order valence-corrected chi connectivity index (χ2v) is 7.14. The van der Waals surface area contributed by atoms with Crippen molar-refractivity contribution in [2.45, 2.75) is 38.1 Å². The van der Waals surface area contributed by atoms with Gasteiger partial charge in [0.25, 0.3) is 0 Å². The lowest BCUT2D eigenvalue weighted by Crippen LogP contribution is -2.48. The van der Waals surface area contributed by atoms with Crippen molar-refractivity contribution in [1.29, 1.82) is 0 Å². The maximum absolute atomic E-state index is 12.6. The number of benzene rings is 1. The Morgan fingerprint density at radius 3 is 2.83 bits per heavy atom. The second kappa shape index (κ2) is 7.53. The van der Waals surface area contributed by atoms with Gasteiger partial charge in [0.15, 0.2) is 0 Å². The van der Waals surface area contributed by atoms with Crippen molar-refractivity contribution in [3.05, 3.63) is 29.3 Å². The van der Waals surface area contributed by atoms with E-state index < -0.39 is 5.92 Å². The topological polar surface area (TPSA) is 75.4 Å². The molecule has 0 radical (unpaired) electrons. The second-order valence-electron chi connectivity index (χ2n) is 6.71. The smallest absolute Gasteiger partial charge is 0.239 e. The van der Waals surface area contributed by atoms with Crippen molar-refractivity contribution >= 4 is 29.1 Å². The van der Waals surface area contributed by atoms with Crippen LogP contribution in [0, 0.1) is 11.8 Å². The average molecular weight is 350 g/mol. The zero-order valence-corrected chi connectivity index (χ0v) is 14.5. The molecular formula is C18H24ClN3O2. The Hall–Kier alpha value is -1.59. The molecule has 1 aromatic carbocycles. The monoisotopic (exact) mass is 349 g/mol. The predicted molar refractivity (Wildman–Crippen MR) is 94.9 cm³/mol. The minimum absolute atomic E-state index is 0.101. The molecule has 1 heterocycles. The van der Waals surface area contributed by atoms with Crippen LogP contribution < -0.4 is 16.0 Å². The van der Waals surface area contributed by atoms with Crippen LogP contribution in [-0.4, -0.2) is 30.9 Å². The number of nitrogens with two attached hydrogens (primary N) is 1. The molecule has 0 bridgehead atoms. The molecule has 1 saturated carbocycles. The van der Waals surface area contributed by atoms with Crippen LogP contribution in [0.15, 0.2) is 24.3 Å². The molecule has 24 heavy (non-hydrogen) atoms. The standard InChI is InChI=1S/C18H24ClN3O2/c19-13-5-3-6-14(10-13)22-9-8-15(18(22)24)17(23)21-16-7-2-1-4-12(16)11-20/h3,5-6,10,12,15-16H,1-2,4,7-9,11,20H2,(H,21,23). The molecular weight excluding hydrogens is 326 g/mol. The van der Waals surface area contributed by atoms with Gasteiger partial charge < -0.3 is 16.0 Å². The van der Waals surface area contributed by atoms with Crippen molar-refractivity contribution in [2.24, 2.45) is 17.6 Å². The minimum Gasteiger partial charge on any atom is -0.352 e. The molecule has 1 aliphatic carbocycles. The van der Waals surface area contributed by atoms with E-state index in [9.17, 15) is 9.59 Å². The van der Waals surface area contributed by atoms with Gasteiger partial charge in [0.1, 0.15) is 5.92 Å². The van der Waals surface area contributed by atoms with Crippen LogP contribution >= 0.6 is 11.6 Å². The number of anilines is 1. The van der Waals surface area contributed by atoms with Gasteiger partial charge in [-0.25, -0.2) is 0 Å². The average Bonchev–Trinajstić information content (AvgIpc) is 2.97. The largest absolute Gasteiger partial charge is 0.352 e. The van der Waals surface area contributed by atoms with Crippen molar-refractivity contribution in [2.75, 3.05) is 18.0 Å². The van der Waals surface area contributed by atoms with Crippen molar-refractivity contribution in [3.63, 3.8) is 0 Å². The van der Waals surface area contributed by atoms with Gasteiger partial charge in [-0.05, 0) is 49.9 Å². The zero-order chi connectivity index (χ0) is 17.1. The number of rotatable bonds is 4. The molecule has 2 amide bonds. The Labute approximate surface area is 147 Å². The van der Waals surface area contributed by atoms with E-state index in [4.69, 9.17) is 17.3 Å². The summed E-state index contributed by atoms with van der Waals surface area (Å²) >= 11 is 6.00. The minimum atomic E-state index is -0.607. The molecule has 130 valence electrons. The number of halogens is 1. The zero-order valence-electron chi connectivity index (χ0n) is 13.7. The van der Waals surface area contributed by atoms with Crippen molar-refractivity contribution in [1.82, 2.24) is 5.32 Å². The Morgan fingerprint density at radius 1 is 1.29 bits per heavy atom. The highest BCUT2D eigenvalue weighted by atomic mass is 35.5. The summed E-state index contributed by atoms with van der Waals surface area (Å²) in [5.74, 6) is -0.586. The molecule has 2 aliphatic rings. The van der Waals surface area contributed by atoms with Crippen LogP contribution in [0.5, 0.6) is 0 Å². The summed E-state index contributed by atoms with van der Waals surface area (Å²) in [5.41, 5.74) is 6.57. The summed E-state index contributed by atoms with van der Waals surface area (Å²) in [4.78, 5) is 26.9. The van der Waals surface area contributed by atoms with E-state index in [0.717, 1.165) is 24.9 Å². The van der Waals surface area contributed by atoms with Gasteiger partial charge in [-0.3, -0.25) is 9.59 Å². The first kappa shape index (κ1) is 17.2. The van der Waals surface area contributed by atoms with Crippen LogP contribution in [0.1, 0.15) is 32.1 Å². The molecule has 2 fully saturated rings. The fourth-order valence-electron chi connectivity index (χ4n) is 3.79. The molecule has 3 atom stereocenters. The summed E-state index contributed by atoms with van der Waals surface area (Å²) in [6.45, 7) is 1.13. The molecule has 1 aliphatic heterocycles. The Kier molecular flexibility index (Phi) is 5.41. The Balaban J connectivity index is 1.65. The number of carbonyl (C=O) groups is 2. The lowest BCUT2D eigenvalue weighted by molar-refractivity contribution is -0.133. The number of hydrogen-bond acceptors (Lipinski definition) is 3. The number of hydrogen-bond donors (Lipinski definition) is 2. The van der Waals surface area contributed by atoms with E-state index in [1.165, 1.54) is 6.42 Å². The molecule has 1 aromatic rings. The van der Waals surface area contributed by atoms with Crippen molar-refractivity contribution < 1.29 is 9.59 Å². The van der Waals surface area contributed by atoms with Crippen LogP contribution in [0.3, 0.4) is 0 Å². The van der Waals surface area contributed by atoms with Gasteiger partial charge in [-0.1, -0.05) is 30.5 Å². The third kappa shape index (κ3) is 3.57. The molecule has 3 N–H and O–H groups in total. The first-order valence-corrected chi connectivity index (χ1v) is 9.05. The number of nitrogens with zero attached hydrogens (tertiary/aromatic N) is 1. The highest BCUT2D eigenvalue weighted by molar-refractivity contribution is 6.31. The predicted octanol–water partition coefficient (Wildman–Crippen LogP) is 2.33.